The van der Waals surface area contributed by atoms with Crippen molar-refractivity contribution in [2.24, 2.45) is 34.5 Å². The molecule has 0 bridgehead atoms. The zero-order chi connectivity index (χ0) is 19.2. The third-order valence-corrected chi connectivity index (χ3v) is 9.19. The zero-order valence-electron chi connectivity index (χ0n) is 17.3. The average molecular weight is 376 g/mol. The highest BCUT2D eigenvalue weighted by molar-refractivity contribution is 5.67. The highest BCUT2D eigenvalue weighted by Gasteiger charge is 2.57. The van der Waals surface area contributed by atoms with E-state index in [9.17, 15) is 4.79 Å². The Morgan fingerprint density at radius 2 is 2.04 bits per heavy atom. The molecule has 0 aliphatic heterocycles. The van der Waals surface area contributed by atoms with E-state index in [1.165, 1.54) is 32.1 Å². The van der Waals surface area contributed by atoms with Crippen LogP contribution in [0.25, 0.3) is 0 Å². The van der Waals surface area contributed by atoms with Gasteiger partial charge < -0.3 is 15.2 Å². The van der Waals surface area contributed by atoms with Crippen molar-refractivity contribution in [1.82, 2.24) is 5.32 Å². The van der Waals surface area contributed by atoms with E-state index in [1.54, 1.807) is 5.57 Å². The molecule has 1 amide bonds. The molecule has 0 saturated heterocycles. The molecule has 4 rings (SSSR count). The van der Waals surface area contributed by atoms with E-state index < -0.39 is 0 Å². The van der Waals surface area contributed by atoms with Crippen molar-refractivity contribution in [3.8, 4) is 0 Å². The number of allylic oxidation sites excluding steroid dienone is 1. The molecule has 0 spiro atoms. The van der Waals surface area contributed by atoms with Gasteiger partial charge >= 0.3 is 6.09 Å². The van der Waals surface area contributed by atoms with Crippen LogP contribution >= 0.6 is 0 Å². The Kier molecular flexibility index (Phi) is 5.07. The zero-order valence-corrected chi connectivity index (χ0v) is 17.3. The number of alkyl carbamates (subject to hydrolysis) is 1. The van der Waals surface area contributed by atoms with Crippen molar-refractivity contribution in [3.63, 3.8) is 0 Å². The summed E-state index contributed by atoms with van der Waals surface area (Å²) in [5.74, 6) is 3.44. The molecule has 7 unspecified atom stereocenters. The highest BCUT2D eigenvalue weighted by Crippen LogP contribution is 2.66. The predicted molar refractivity (Wildman–Crippen MR) is 106 cm³/mol. The first kappa shape index (κ1) is 19.3. The summed E-state index contributed by atoms with van der Waals surface area (Å²) < 4.78 is 5.62. The van der Waals surface area contributed by atoms with Crippen molar-refractivity contribution in [1.29, 1.82) is 0 Å². The molecule has 0 heterocycles. The van der Waals surface area contributed by atoms with Gasteiger partial charge in [-0.3, -0.25) is 0 Å². The van der Waals surface area contributed by atoms with Gasteiger partial charge in [0, 0.05) is 13.0 Å². The Morgan fingerprint density at radius 3 is 2.81 bits per heavy atom. The fraction of sp³-hybridized carbons (Fsp3) is 0.870. The van der Waals surface area contributed by atoms with Crippen LogP contribution < -0.4 is 5.32 Å². The lowest BCUT2D eigenvalue weighted by Crippen LogP contribution is -2.50. The Bertz CT molecular complexity index is 617. The molecule has 3 fully saturated rings. The number of aliphatic hydroxyl groups excluding tert-OH is 1. The van der Waals surface area contributed by atoms with E-state index in [0.717, 1.165) is 42.9 Å². The first-order valence-corrected chi connectivity index (χ1v) is 11.1. The number of carbonyl (C=O) groups excluding carboxylic acids is 1. The number of nitrogens with one attached hydrogen (secondary N) is 1. The Labute approximate surface area is 164 Å². The van der Waals surface area contributed by atoms with Crippen molar-refractivity contribution in [2.75, 3.05) is 13.2 Å². The van der Waals surface area contributed by atoms with Crippen molar-refractivity contribution < 1.29 is 14.6 Å². The van der Waals surface area contributed by atoms with Gasteiger partial charge in [-0.2, -0.15) is 0 Å². The first-order chi connectivity index (χ1) is 12.9. The van der Waals surface area contributed by atoms with Crippen LogP contribution in [0.4, 0.5) is 4.79 Å². The van der Waals surface area contributed by atoms with Gasteiger partial charge in [0.15, 0.2) is 0 Å². The van der Waals surface area contributed by atoms with Gasteiger partial charge in [-0.15, -0.1) is 0 Å². The van der Waals surface area contributed by atoms with Gasteiger partial charge in [0.1, 0.15) is 6.10 Å². The highest BCUT2D eigenvalue weighted by atomic mass is 16.6. The molecule has 4 aliphatic carbocycles. The van der Waals surface area contributed by atoms with Gasteiger partial charge in [-0.1, -0.05) is 32.4 Å². The van der Waals surface area contributed by atoms with E-state index in [-0.39, 0.29) is 25.3 Å². The Morgan fingerprint density at radius 1 is 1.22 bits per heavy atom. The van der Waals surface area contributed by atoms with Crippen LogP contribution in [0, 0.1) is 34.5 Å². The molecule has 4 nitrogen and oxygen atoms in total. The summed E-state index contributed by atoms with van der Waals surface area (Å²) in [5, 5.41) is 11.4. The number of hydrogen-bond donors (Lipinski definition) is 2. The molecule has 7 atom stereocenters. The van der Waals surface area contributed by atoms with Crippen LogP contribution in [0.2, 0.25) is 0 Å². The second-order valence-electron chi connectivity index (χ2n) is 10.2. The van der Waals surface area contributed by atoms with Crippen LogP contribution in [0.5, 0.6) is 0 Å². The standard InChI is InChI=1S/C23H37NO3/c1-15-4-7-19-18-6-5-16-14-17(27-21(26)24-12-13-25)8-10-23(16,3)20(18)9-11-22(15,19)2/h5,15,17-20,25H,4,6-14H2,1-3H3,(H,24,26). The maximum atomic E-state index is 11.9. The minimum atomic E-state index is -0.389. The van der Waals surface area contributed by atoms with E-state index >= 15 is 0 Å². The van der Waals surface area contributed by atoms with Gasteiger partial charge in [-0.05, 0) is 79.4 Å². The molecule has 27 heavy (non-hydrogen) atoms. The Balaban J connectivity index is 1.47. The number of hydrogen-bond acceptors (Lipinski definition) is 3. The smallest absolute Gasteiger partial charge is 0.407 e. The van der Waals surface area contributed by atoms with Crippen molar-refractivity contribution >= 4 is 6.09 Å². The molecule has 152 valence electrons. The summed E-state index contributed by atoms with van der Waals surface area (Å²) in [5.41, 5.74) is 2.41. The van der Waals surface area contributed by atoms with E-state index in [1.807, 2.05) is 0 Å². The quantitative estimate of drug-likeness (QED) is 0.705. The second-order valence-corrected chi connectivity index (χ2v) is 10.2. The topological polar surface area (TPSA) is 58.6 Å². The summed E-state index contributed by atoms with van der Waals surface area (Å²) in [6, 6.07) is 0. The lowest BCUT2D eigenvalue weighted by atomic mass is 9.47. The minimum absolute atomic E-state index is 0.0140. The van der Waals surface area contributed by atoms with E-state index in [4.69, 9.17) is 9.84 Å². The lowest BCUT2D eigenvalue weighted by molar-refractivity contribution is -0.0486. The molecule has 0 radical (unpaired) electrons. The van der Waals surface area contributed by atoms with Crippen LogP contribution in [-0.2, 0) is 4.74 Å². The monoisotopic (exact) mass is 375 g/mol. The summed E-state index contributed by atoms with van der Waals surface area (Å²) in [7, 11) is 0. The lowest BCUT2D eigenvalue weighted by Gasteiger charge is -2.58. The number of aliphatic hydroxyl groups is 1. The number of carbonyl (C=O) groups is 1. The number of amides is 1. The maximum absolute atomic E-state index is 11.9. The number of ether oxygens (including phenoxy) is 1. The molecule has 0 aromatic heterocycles. The molecule has 4 heteroatoms. The van der Waals surface area contributed by atoms with Crippen LogP contribution in [0.1, 0.15) is 72.1 Å². The van der Waals surface area contributed by atoms with Crippen LogP contribution in [0.3, 0.4) is 0 Å². The van der Waals surface area contributed by atoms with Gasteiger partial charge in [-0.25, -0.2) is 4.79 Å². The van der Waals surface area contributed by atoms with E-state index in [0.29, 0.717) is 10.8 Å². The fourth-order valence-corrected chi connectivity index (χ4v) is 7.34. The first-order valence-electron chi connectivity index (χ1n) is 11.1. The third kappa shape index (κ3) is 3.12. The van der Waals surface area contributed by atoms with E-state index in [2.05, 4.69) is 32.2 Å². The molecule has 0 aromatic carbocycles. The molecular formula is C23H37NO3. The average Bonchev–Trinajstić information content (AvgIpc) is 2.95. The van der Waals surface area contributed by atoms with Crippen molar-refractivity contribution in [2.45, 2.75) is 78.2 Å². The second kappa shape index (κ2) is 7.09. The van der Waals surface area contributed by atoms with Crippen LogP contribution in [0.15, 0.2) is 11.6 Å². The normalized spacial score (nSPS) is 45.9. The van der Waals surface area contributed by atoms with Crippen molar-refractivity contribution in [3.05, 3.63) is 11.6 Å². The fourth-order valence-electron chi connectivity index (χ4n) is 7.34. The minimum Gasteiger partial charge on any atom is -0.446 e. The van der Waals surface area contributed by atoms with Gasteiger partial charge in [0.05, 0.1) is 6.61 Å². The maximum Gasteiger partial charge on any atom is 0.407 e. The largest absolute Gasteiger partial charge is 0.446 e. The van der Waals surface area contributed by atoms with Gasteiger partial charge in [0.2, 0.25) is 0 Å². The molecule has 3 saturated carbocycles. The SMILES string of the molecule is CC1CCC2C3CC=C4CC(OC(=O)NCCO)CCC4(C)C3CCC12C. The van der Waals surface area contributed by atoms with Crippen LogP contribution in [-0.4, -0.2) is 30.5 Å². The summed E-state index contributed by atoms with van der Waals surface area (Å²) >= 11 is 0. The summed E-state index contributed by atoms with van der Waals surface area (Å²) in [6.07, 6.45) is 11.9. The molecule has 2 N–H and O–H groups in total. The number of rotatable bonds is 3. The summed E-state index contributed by atoms with van der Waals surface area (Å²) in [6.45, 7) is 7.76. The Hall–Kier alpha value is -1.03. The molecule has 4 aliphatic rings. The molecule has 0 aromatic rings. The van der Waals surface area contributed by atoms with Gasteiger partial charge in [0.25, 0.3) is 0 Å². The molecular weight excluding hydrogens is 338 g/mol. The predicted octanol–water partition coefficient (Wildman–Crippen LogP) is 4.67. The third-order valence-electron chi connectivity index (χ3n) is 9.19. The summed E-state index contributed by atoms with van der Waals surface area (Å²) in [4.78, 5) is 11.9. The number of fused-ring (bicyclic) bond motifs is 5.